The number of hydrogen-bond donors (Lipinski definition) is 2. The van der Waals surface area contributed by atoms with Gasteiger partial charge < -0.3 is 29.7 Å². The molecule has 196 valence electrons. The fourth-order valence-electron chi connectivity index (χ4n) is 3.55. The van der Waals surface area contributed by atoms with Gasteiger partial charge in [0.2, 0.25) is 11.8 Å². The molecule has 8 nitrogen and oxygen atoms in total. The number of hydrogen-bond acceptors (Lipinski definition) is 6. The molecule has 0 unspecified atom stereocenters. The molecule has 2 rings (SSSR count). The third-order valence-corrected chi connectivity index (χ3v) is 5.64. The van der Waals surface area contributed by atoms with Gasteiger partial charge in [0.1, 0.15) is 37.3 Å². The summed E-state index contributed by atoms with van der Waals surface area (Å²) in [5.41, 5.74) is 2.16. The molecule has 8 heteroatoms. The van der Waals surface area contributed by atoms with Crippen molar-refractivity contribution in [3.63, 3.8) is 0 Å². The van der Waals surface area contributed by atoms with E-state index in [0.29, 0.717) is 35.4 Å². The van der Waals surface area contributed by atoms with Crippen LogP contribution in [0.15, 0.2) is 61.7 Å². The SMILES string of the molecule is C=CCOc1ccc(C(C)(C)c2ccc(OCC=C)c(NC(=O)CCC=O)c2)cc1NC(=O)CCC=O. The normalized spacial score (nSPS) is 10.6. The molecule has 0 aliphatic rings. The van der Waals surface area contributed by atoms with Gasteiger partial charge in [-0.25, -0.2) is 0 Å². The summed E-state index contributed by atoms with van der Waals surface area (Å²) in [5, 5.41) is 5.67. The van der Waals surface area contributed by atoms with Crippen molar-refractivity contribution in [2.75, 3.05) is 23.8 Å². The molecule has 0 aliphatic carbocycles. The Morgan fingerprint density at radius 2 is 1.19 bits per heavy atom. The van der Waals surface area contributed by atoms with Crippen molar-refractivity contribution in [1.29, 1.82) is 0 Å². The summed E-state index contributed by atoms with van der Waals surface area (Å²) in [7, 11) is 0. The molecule has 0 atom stereocenters. The minimum atomic E-state index is -0.557. The molecule has 0 saturated heterocycles. The number of benzene rings is 2. The van der Waals surface area contributed by atoms with Crippen LogP contribution in [0.2, 0.25) is 0 Å². The fraction of sp³-hybridized carbons (Fsp3) is 0.310. The number of nitrogens with one attached hydrogen (secondary N) is 2. The third-order valence-electron chi connectivity index (χ3n) is 5.64. The van der Waals surface area contributed by atoms with E-state index < -0.39 is 5.41 Å². The molecule has 0 bridgehead atoms. The Hall–Kier alpha value is -4.20. The van der Waals surface area contributed by atoms with Crippen LogP contribution in [0, 0.1) is 0 Å². The van der Waals surface area contributed by atoms with Crippen molar-refractivity contribution in [2.45, 2.75) is 44.9 Å². The Bertz CT molecular complexity index is 1050. The molecular weight excluding hydrogens is 472 g/mol. The van der Waals surface area contributed by atoms with Gasteiger partial charge in [-0.3, -0.25) is 9.59 Å². The van der Waals surface area contributed by atoms with Crippen molar-refractivity contribution in [1.82, 2.24) is 0 Å². The van der Waals surface area contributed by atoms with E-state index in [2.05, 4.69) is 23.8 Å². The smallest absolute Gasteiger partial charge is 0.224 e. The molecular formula is C29H34N2O6. The van der Waals surface area contributed by atoms with Crippen LogP contribution in [0.4, 0.5) is 11.4 Å². The maximum atomic E-state index is 12.3. The number of amides is 2. The van der Waals surface area contributed by atoms with Gasteiger partial charge >= 0.3 is 0 Å². The summed E-state index contributed by atoms with van der Waals surface area (Å²) in [5.74, 6) is 0.370. The zero-order chi connectivity index (χ0) is 27.3. The van der Waals surface area contributed by atoms with Gasteiger partial charge in [0.15, 0.2) is 0 Å². The molecule has 0 spiro atoms. The second-order valence-electron chi connectivity index (χ2n) is 8.75. The number of aldehydes is 2. The number of ether oxygens (including phenoxy) is 2. The summed E-state index contributed by atoms with van der Waals surface area (Å²) < 4.78 is 11.4. The molecule has 0 saturated carbocycles. The molecule has 37 heavy (non-hydrogen) atoms. The van der Waals surface area contributed by atoms with E-state index >= 15 is 0 Å². The molecule has 0 fully saturated rings. The molecule has 0 radical (unpaired) electrons. The molecule has 2 N–H and O–H groups in total. The molecule has 0 aromatic heterocycles. The Balaban J connectivity index is 2.46. The first-order chi connectivity index (χ1) is 17.8. The summed E-state index contributed by atoms with van der Waals surface area (Å²) in [4.78, 5) is 46.0. The van der Waals surface area contributed by atoms with Crippen molar-refractivity contribution in [3.8, 4) is 11.5 Å². The summed E-state index contributed by atoms with van der Waals surface area (Å²) in [6.45, 7) is 11.9. The van der Waals surface area contributed by atoms with Crippen molar-refractivity contribution in [2.24, 2.45) is 0 Å². The first-order valence-electron chi connectivity index (χ1n) is 12.0. The minimum Gasteiger partial charge on any atom is -0.487 e. The zero-order valence-corrected chi connectivity index (χ0v) is 21.4. The van der Waals surface area contributed by atoms with Crippen LogP contribution in [-0.2, 0) is 24.6 Å². The molecule has 2 aromatic rings. The van der Waals surface area contributed by atoms with Gasteiger partial charge in [-0.15, -0.1) is 0 Å². The lowest BCUT2D eigenvalue weighted by atomic mass is 9.77. The van der Waals surface area contributed by atoms with E-state index in [1.165, 1.54) is 0 Å². The quantitative estimate of drug-likeness (QED) is 0.245. The van der Waals surface area contributed by atoms with Crippen LogP contribution in [0.5, 0.6) is 11.5 Å². The van der Waals surface area contributed by atoms with E-state index in [-0.39, 0.29) is 50.7 Å². The van der Waals surface area contributed by atoms with E-state index in [4.69, 9.17) is 9.47 Å². The Labute approximate surface area is 217 Å². The summed E-state index contributed by atoms with van der Waals surface area (Å²) in [6.07, 6.45) is 5.00. The van der Waals surface area contributed by atoms with E-state index in [9.17, 15) is 19.2 Å². The summed E-state index contributed by atoms with van der Waals surface area (Å²) >= 11 is 0. The Morgan fingerprint density at radius 1 is 0.784 bits per heavy atom. The highest BCUT2D eigenvalue weighted by molar-refractivity contribution is 5.94. The first-order valence-corrected chi connectivity index (χ1v) is 12.0. The first kappa shape index (κ1) is 29.0. The van der Waals surface area contributed by atoms with E-state index in [1.54, 1.807) is 24.3 Å². The van der Waals surface area contributed by atoms with Crippen LogP contribution in [0.3, 0.4) is 0 Å². The Kier molecular flexibility index (Phi) is 11.3. The topological polar surface area (TPSA) is 111 Å². The monoisotopic (exact) mass is 506 g/mol. The highest BCUT2D eigenvalue weighted by Gasteiger charge is 2.26. The van der Waals surface area contributed by atoms with Gasteiger partial charge in [0, 0.05) is 31.1 Å². The average molecular weight is 507 g/mol. The van der Waals surface area contributed by atoms with Gasteiger partial charge in [-0.1, -0.05) is 51.3 Å². The average Bonchev–Trinajstić information content (AvgIpc) is 2.89. The number of anilines is 2. The number of rotatable bonds is 16. The lowest BCUT2D eigenvalue weighted by molar-refractivity contribution is -0.118. The zero-order valence-electron chi connectivity index (χ0n) is 21.4. The van der Waals surface area contributed by atoms with Crippen molar-refractivity contribution >= 4 is 35.8 Å². The van der Waals surface area contributed by atoms with Gasteiger partial charge in [-0.05, 0) is 35.4 Å². The standard InChI is InChI=1S/C29H34N2O6/c1-5-17-36-25-13-11-21(19-23(25)30-27(34)9-7-15-32)29(3,4)22-12-14-26(37-18-6-2)24(20-22)31-28(35)10-8-16-33/h5-6,11-16,19-20H,1-2,7-10,17-18H2,3-4H3,(H,30,34)(H,31,35). The maximum absolute atomic E-state index is 12.3. The molecule has 0 aliphatic heterocycles. The van der Waals surface area contributed by atoms with Crippen LogP contribution >= 0.6 is 0 Å². The second-order valence-corrected chi connectivity index (χ2v) is 8.75. The molecule has 2 amide bonds. The molecule has 2 aromatic carbocycles. The minimum absolute atomic E-state index is 0.0668. The molecule has 0 heterocycles. The third kappa shape index (κ3) is 8.45. The van der Waals surface area contributed by atoms with Crippen LogP contribution < -0.4 is 20.1 Å². The predicted molar refractivity (Wildman–Crippen MR) is 144 cm³/mol. The number of carbonyl (C=O) groups is 4. The van der Waals surface area contributed by atoms with E-state index in [0.717, 1.165) is 11.1 Å². The lowest BCUT2D eigenvalue weighted by Gasteiger charge is -2.28. The maximum Gasteiger partial charge on any atom is 0.224 e. The van der Waals surface area contributed by atoms with Crippen LogP contribution in [0.25, 0.3) is 0 Å². The largest absolute Gasteiger partial charge is 0.487 e. The summed E-state index contributed by atoms with van der Waals surface area (Å²) in [6, 6.07) is 11.0. The van der Waals surface area contributed by atoms with Crippen LogP contribution in [0.1, 0.15) is 50.7 Å². The van der Waals surface area contributed by atoms with Gasteiger partial charge in [0.05, 0.1) is 11.4 Å². The van der Waals surface area contributed by atoms with Crippen molar-refractivity contribution < 1.29 is 28.7 Å². The predicted octanol–water partition coefficient (Wildman–Crippen LogP) is 4.98. The highest BCUT2D eigenvalue weighted by Crippen LogP contribution is 2.39. The van der Waals surface area contributed by atoms with E-state index in [1.807, 2.05) is 38.1 Å². The lowest BCUT2D eigenvalue weighted by Crippen LogP contribution is -2.21. The van der Waals surface area contributed by atoms with Gasteiger partial charge in [0.25, 0.3) is 0 Å². The van der Waals surface area contributed by atoms with Gasteiger partial charge in [-0.2, -0.15) is 0 Å². The van der Waals surface area contributed by atoms with Crippen LogP contribution in [-0.4, -0.2) is 37.6 Å². The van der Waals surface area contributed by atoms with Crippen molar-refractivity contribution in [3.05, 3.63) is 72.8 Å². The number of carbonyl (C=O) groups excluding carboxylic acids is 4. The Morgan fingerprint density at radius 3 is 1.54 bits per heavy atom. The highest BCUT2D eigenvalue weighted by atomic mass is 16.5. The fourth-order valence-corrected chi connectivity index (χ4v) is 3.55. The second kappa shape index (κ2) is 14.4.